The molecule has 2 rings (SSSR count). The lowest BCUT2D eigenvalue weighted by Gasteiger charge is -2.16. The van der Waals surface area contributed by atoms with Crippen molar-refractivity contribution in [2.45, 2.75) is 19.4 Å². The van der Waals surface area contributed by atoms with Crippen molar-refractivity contribution in [2.24, 2.45) is 0 Å². The van der Waals surface area contributed by atoms with Crippen LogP contribution in [0.1, 0.15) is 40.9 Å². The van der Waals surface area contributed by atoms with Gasteiger partial charge in [0.2, 0.25) is 0 Å². The number of rotatable bonds is 5. The molecule has 0 saturated carbocycles. The molecule has 0 aromatic heterocycles. The maximum atomic E-state index is 12.3. The van der Waals surface area contributed by atoms with Crippen LogP contribution in [-0.4, -0.2) is 13.1 Å². The van der Waals surface area contributed by atoms with Crippen molar-refractivity contribution in [3.05, 3.63) is 65.2 Å². The van der Waals surface area contributed by atoms with Crippen molar-refractivity contribution in [3.63, 3.8) is 0 Å². The molecule has 2 aromatic rings. The van der Waals surface area contributed by atoms with Crippen molar-refractivity contribution in [3.8, 4) is 11.8 Å². The number of hydrogen-bond acceptors (Lipinski definition) is 4. The summed E-state index contributed by atoms with van der Waals surface area (Å²) in [5, 5.41) is 9.08. The van der Waals surface area contributed by atoms with E-state index in [-0.39, 0.29) is 6.10 Å². The van der Waals surface area contributed by atoms with E-state index < -0.39 is 5.97 Å². The van der Waals surface area contributed by atoms with E-state index >= 15 is 0 Å². The van der Waals surface area contributed by atoms with Gasteiger partial charge >= 0.3 is 5.97 Å². The number of benzene rings is 2. The van der Waals surface area contributed by atoms with Crippen molar-refractivity contribution in [1.82, 2.24) is 0 Å². The highest BCUT2D eigenvalue weighted by molar-refractivity contribution is 5.90. The van der Waals surface area contributed by atoms with E-state index in [2.05, 4.69) is 0 Å². The zero-order valence-corrected chi connectivity index (χ0v) is 12.6. The van der Waals surface area contributed by atoms with Crippen LogP contribution in [0.15, 0.2) is 48.5 Å². The average Bonchev–Trinajstić information content (AvgIpc) is 2.59. The molecule has 0 N–H and O–H groups in total. The Labute approximate surface area is 129 Å². The van der Waals surface area contributed by atoms with Crippen LogP contribution in [0.4, 0.5) is 0 Å². The third kappa shape index (κ3) is 3.44. The van der Waals surface area contributed by atoms with E-state index in [0.717, 1.165) is 5.56 Å². The van der Waals surface area contributed by atoms with Gasteiger partial charge in [0.15, 0.2) is 0 Å². The smallest absolute Gasteiger partial charge is 0.338 e. The van der Waals surface area contributed by atoms with Gasteiger partial charge in [0.25, 0.3) is 0 Å². The van der Waals surface area contributed by atoms with E-state index in [0.29, 0.717) is 23.3 Å². The number of carbonyl (C=O) groups is 1. The summed E-state index contributed by atoms with van der Waals surface area (Å²) >= 11 is 0. The predicted octanol–water partition coefficient (Wildman–Crippen LogP) is 3.87. The minimum atomic E-state index is -0.449. The largest absolute Gasteiger partial charge is 0.495 e. The summed E-state index contributed by atoms with van der Waals surface area (Å²) in [5.74, 6) is -0.0102. The molecule has 0 fully saturated rings. The van der Waals surface area contributed by atoms with Crippen molar-refractivity contribution < 1.29 is 14.3 Å². The average molecular weight is 295 g/mol. The zero-order chi connectivity index (χ0) is 15.9. The van der Waals surface area contributed by atoms with Gasteiger partial charge in [-0.1, -0.05) is 37.3 Å². The summed E-state index contributed by atoms with van der Waals surface area (Å²) in [6, 6.07) is 16.3. The molecule has 2 aromatic carbocycles. The summed E-state index contributed by atoms with van der Waals surface area (Å²) in [6.07, 6.45) is 0.373. The first-order chi connectivity index (χ1) is 10.7. The van der Waals surface area contributed by atoms with E-state index in [9.17, 15) is 4.79 Å². The lowest BCUT2D eigenvalue weighted by atomic mass is 10.1. The van der Waals surface area contributed by atoms with Crippen molar-refractivity contribution in [2.75, 3.05) is 7.11 Å². The number of nitriles is 1. The molecule has 0 bridgehead atoms. The maximum Gasteiger partial charge on any atom is 0.338 e. The highest BCUT2D eigenvalue weighted by Crippen LogP contribution is 2.24. The Hall–Kier alpha value is -2.80. The molecule has 0 aliphatic carbocycles. The molecule has 0 spiro atoms. The van der Waals surface area contributed by atoms with Gasteiger partial charge in [-0.2, -0.15) is 5.26 Å². The second-order valence-electron chi connectivity index (χ2n) is 4.74. The van der Waals surface area contributed by atoms with Gasteiger partial charge in [-0.25, -0.2) is 4.79 Å². The lowest BCUT2D eigenvalue weighted by molar-refractivity contribution is 0.0288. The second-order valence-corrected chi connectivity index (χ2v) is 4.74. The third-order valence-corrected chi connectivity index (χ3v) is 3.35. The number of hydrogen-bond donors (Lipinski definition) is 0. The van der Waals surface area contributed by atoms with E-state index in [1.807, 2.05) is 43.3 Å². The number of carbonyl (C=O) groups excluding carboxylic acids is 1. The molecule has 0 aliphatic heterocycles. The van der Waals surface area contributed by atoms with Gasteiger partial charge in [0, 0.05) is 0 Å². The van der Waals surface area contributed by atoms with Gasteiger partial charge < -0.3 is 9.47 Å². The molecule has 0 amide bonds. The molecule has 0 saturated heterocycles. The summed E-state index contributed by atoms with van der Waals surface area (Å²) < 4.78 is 10.6. The van der Waals surface area contributed by atoms with Crippen LogP contribution >= 0.6 is 0 Å². The Morgan fingerprint density at radius 3 is 2.55 bits per heavy atom. The van der Waals surface area contributed by atoms with Crippen LogP contribution in [-0.2, 0) is 4.74 Å². The Balaban J connectivity index is 2.20. The highest BCUT2D eigenvalue weighted by atomic mass is 16.5. The Kier molecular flexibility index (Phi) is 5.16. The summed E-state index contributed by atoms with van der Waals surface area (Å²) in [4.78, 5) is 12.3. The molecule has 1 atom stereocenters. The van der Waals surface area contributed by atoms with Crippen LogP contribution in [0.2, 0.25) is 0 Å². The predicted molar refractivity (Wildman–Crippen MR) is 82.6 cm³/mol. The van der Waals surface area contributed by atoms with Crippen LogP contribution in [0.5, 0.6) is 5.75 Å². The van der Waals surface area contributed by atoms with Crippen LogP contribution < -0.4 is 4.74 Å². The minimum Gasteiger partial charge on any atom is -0.495 e. The second kappa shape index (κ2) is 7.28. The fraction of sp³-hybridized carbons (Fsp3) is 0.222. The summed E-state index contributed by atoms with van der Waals surface area (Å²) in [5.41, 5.74) is 1.60. The standard InChI is InChI=1S/C18H17NO3/c1-3-16(13-7-5-4-6-8-13)22-18(20)14-9-10-17(21-2)15(11-14)12-19/h4-11,16H,3H2,1-2H3. The first-order valence-electron chi connectivity index (χ1n) is 7.03. The lowest BCUT2D eigenvalue weighted by Crippen LogP contribution is -2.11. The van der Waals surface area contributed by atoms with E-state index in [1.54, 1.807) is 12.1 Å². The van der Waals surface area contributed by atoms with E-state index in [1.165, 1.54) is 13.2 Å². The molecular weight excluding hydrogens is 278 g/mol. The number of ether oxygens (including phenoxy) is 2. The maximum absolute atomic E-state index is 12.3. The number of esters is 1. The number of methoxy groups -OCH3 is 1. The summed E-state index contributed by atoms with van der Waals surface area (Å²) in [6.45, 7) is 1.96. The Morgan fingerprint density at radius 1 is 1.23 bits per heavy atom. The fourth-order valence-electron chi connectivity index (χ4n) is 2.17. The number of nitrogens with zero attached hydrogens (tertiary/aromatic N) is 1. The first kappa shape index (κ1) is 15.6. The van der Waals surface area contributed by atoms with E-state index in [4.69, 9.17) is 14.7 Å². The topological polar surface area (TPSA) is 59.3 Å². The molecule has 22 heavy (non-hydrogen) atoms. The van der Waals surface area contributed by atoms with Crippen LogP contribution in [0.25, 0.3) is 0 Å². The minimum absolute atomic E-state index is 0.304. The quantitative estimate of drug-likeness (QED) is 0.785. The zero-order valence-electron chi connectivity index (χ0n) is 12.6. The summed E-state index contributed by atoms with van der Waals surface area (Å²) in [7, 11) is 1.48. The third-order valence-electron chi connectivity index (χ3n) is 3.35. The molecule has 1 unspecified atom stereocenters. The Bertz CT molecular complexity index is 689. The van der Waals surface area contributed by atoms with Gasteiger partial charge in [-0.05, 0) is 30.2 Å². The SMILES string of the molecule is CCC(OC(=O)c1ccc(OC)c(C#N)c1)c1ccccc1. The van der Waals surface area contributed by atoms with Gasteiger partial charge in [0.1, 0.15) is 17.9 Å². The van der Waals surface area contributed by atoms with Crippen LogP contribution in [0, 0.1) is 11.3 Å². The first-order valence-corrected chi connectivity index (χ1v) is 7.03. The van der Waals surface area contributed by atoms with Crippen molar-refractivity contribution >= 4 is 5.97 Å². The molecule has 4 heteroatoms. The molecular formula is C18H17NO3. The fourth-order valence-corrected chi connectivity index (χ4v) is 2.17. The van der Waals surface area contributed by atoms with Crippen LogP contribution in [0.3, 0.4) is 0 Å². The molecule has 0 radical (unpaired) electrons. The molecule has 112 valence electrons. The van der Waals surface area contributed by atoms with Gasteiger partial charge in [-0.3, -0.25) is 0 Å². The van der Waals surface area contributed by atoms with Crippen molar-refractivity contribution in [1.29, 1.82) is 5.26 Å². The monoisotopic (exact) mass is 295 g/mol. The molecule has 0 aliphatic rings. The highest BCUT2D eigenvalue weighted by Gasteiger charge is 2.17. The normalized spacial score (nSPS) is 11.3. The molecule has 4 nitrogen and oxygen atoms in total. The van der Waals surface area contributed by atoms with Gasteiger partial charge in [0.05, 0.1) is 18.2 Å². The molecule has 0 heterocycles. The Morgan fingerprint density at radius 2 is 1.95 bits per heavy atom. The van der Waals surface area contributed by atoms with Gasteiger partial charge in [-0.15, -0.1) is 0 Å².